The Morgan fingerprint density at radius 1 is 1.14 bits per heavy atom. The van der Waals surface area contributed by atoms with Crippen molar-refractivity contribution in [3.63, 3.8) is 0 Å². The molecule has 0 radical (unpaired) electrons. The topological polar surface area (TPSA) is 64.0 Å². The summed E-state index contributed by atoms with van der Waals surface area (Å²) in [6.45, 7) is 9.64. The third-order valence-corrected chi connectivity index (χ3v) is 3.46. The summed E-state index contributed by atoms with van der Waals surface area (Å²) in [7, 11) is 0. The van der Waals surface area contributed by atoms with E-state index in [1.807, 2.05) is 46.8 Å². The molecular formula is C17H21N3O2. The van der Waals surface area contributed by atoms with Gasteiger partial charge < -0.3 is 5.32 Å². The van der Waals surface area contributed by atoms with Gasteiger partial charge in [-0.2, -0.15) is 5.10 Å². The number of nitrogens with zero attached hydrogens (tertiary/aromatic N) is 2. The number of rotatable bonds is 3. The second kappa shape index (κ2) is 6.13. The predicted molar refractivity (Wildman–Crippen MR) is 87.5 cm³/mol. The van der Waals surface area contributed by atoms with Gasteiger partial charge in [0.2, 0.25) is 0 Å². The highest BCUT2D eigenvalue weighted by atomic mass is 16.2. The standard InChI is InChI=1S/C17H21N3O2/c1-10(2)20-15(21)7-6-14(19-20)17(22)18-16-12(4)8-11(3)9-13(16)5/h6-10H,1-5H3,(H,18,22). The Hall–Kier alpha value is -2.43. The molecule has 5 heteroatoms. The summed E-state index contributed by atoms with van der Waals surface area (Å²) in [6.07, 6.45) is 0. The summed E-state index contributed by atoms with van der Waals surface area (Å²) in [5, 5.41) is 7.03. The predicted octanol–water partition coefficient (Wildman–Crippen LogP) is 3.00. The maximum absolute atomic E-state index is 12.4. The molecule has 22 heavy (non-hydrogen) atoms. The van der Waals surface area contributed by atoms with E-state index in [0.29, 0.717) is 0 Å². The second-order valence-corrected chi connectivity index (χ2v) is 5.82. The Morgan fingerprint density at radius 2 is 1.73 bits per heavy atom. The molecule has 0 atom stereocenters. The highest BCUT2D eigenvalue weighted by Crippen LogP contribution is 2.22. The first-order valence-corrected chi connectivity index (χ1v) is 7.28. The fourth-order valence-corrected chi connectivity index (χ4v) is 2.47. The van der Waals surface area contributed by atoms with Crippen molar-refractivity contribution < 1.29 is 4.79 Å². The molecule has 0 saturated carbocycles. The molecule has 116 valence electrons. The van der Waals surface area contributed by atoms with Gasteiger partial charge in [0.15, 0.2) is 0 Å². The fourth-order valence-electron chi connectivity index (χ4n) is 2.47. The Bertz CT molecular complexity index is 753. The van der Waals surface area contributed by atoms with Crippen LogP contribution in [0.3, 0.4) is 0 Å². The van der Waals surface area contributed by atoms with Gasteiger partial charge in [-0.1, -0.05) is 17.7 Å². The minimum atomic E-state index is -0.315. The highest BCUT2D eigenvalue weighted by molar-refractivity contribution is 6.03. The van der Waals surface area contributed by atoms with Crippen LogP contribution in [-0.2, 0) is 0 Å². The summed E-state index contributed by atoms with van der Waals surface area (Å²) in [5.74, 6) is -0.315. The molecule has 0 fully saturated rings. The molecule has 1 amide bonds. The van der Waals surface area contributed by atoms with Gasteiger partial charge in [0.1, 0.15) is 5.69 Å². The molecule has 0 spiro atoms. The van der Waals surface area contributed by atoms with E-state index >= 15 is 0 Å². The van der Waals surface area contributed by atoms with Crippen LogP contribution in [0.1, 0.15) is 47.1 Å². The van der Waals surface area contributed by atoms with Gasteiger partial charge in [-0.15, -0.1) is 0 Å². The van der Waals surface area contributed by atoms with Crippen LogP contribution in [0.5, 0.6) is 0 Å². The number of carbonyl (C=O) groups is 1. The first-order chi connectivity index (χ1) is 10.3. The van der Waals surface area contributed by atoms with Crippen LogP contribution in [0.15, 0.2) is 29.1 Å². The van der Waals surface area contributed by atoms with Crippen LogP contribution >= 0.6 is 0 Å². The summed E-state index contributed by atoms with van der Waals surface area (Å²) < 4.78 is 1.31. The maximum Gasteiger partial charge on any atom is 0.276 e. The minimum absolute atomic E-state index is 0.0944. The Labute approximate surface area is 130 Å². The molecule has 0 saturated heterocycles. The third kappa shape index (κ3) is 3.24. The van der Waals surface area contributed by atoms with Crippen molar-refractivity contribution in [2.24, 2.45) is 0 Å². The zero-order valence-electron chi connectivity index (χ0n) is 13.6. The van der Waals surface area contributed by atoms with Crippen molar-refractivity contribution >= 4 is 11.6 Å². The van der Waals surface area contributed by atoms with Gasteiger partial charge in [0.25, 0.3) is 11.5 Å². The highest BCUT2D eigenvalue weighted by Gasteiger charge is 2.13. The minimum Gasteiger partial charge on any atom is -0.320 e. The number of hydrogen-bond acceptors (Lipinski definition) is 3. The van der Waals surface area contributed by atoms with E-state index in [2.05, 4.69) is 10.4 Å². The van der Waals surface area contributed by atoms with Crippen LogP contribution in [0.4, 0.5) is 5.69 Å². The lowest BCUT2D eigenvalue weighted by Gasteiger charge is -2.14. The van der Waals surface area contributed by atoms with Crippen molar-refractivity contribution in [2.75, 3.05) is 5.32 Å². The monoisotopic (exact) mass is 299 g/mol. The molecule has 0 aliphatic rings. The average Bonchev–Trinajstić information content (AvgIpc) is 2.42. The van der Waals surface area contributed by atoms with Gasteiger partial charge in [-0.25, -0.2) is 4.68 Å². The van der Waals surface area contributed by atoms with E-state index < -0.39 is 0 Å². The maximum atomic E-state index is 12.4. The number of amides is 1. The molecule has 1 aromatic heterocycles. The number of carbonyl (C=O) groups excluding carboxylic acids is 1. The fraction of sp³-hybridized carbons (Fsp3) is 0.353. The van der Waals surface area contributed by atoms with E-state index in [1.165, 1.54) is 16.8 Å². The molecule has 5 nitrogen and oxygen atoms in total. The van der Waals surface area contributed by atoms with Crippen molar-refractivity contribution in [1.82, 2.24) is 9.78 Å². The van der Waals surface area contributed by atoms with Gasteiger partial charge >= 0.3 is 0 Å². The Balaban J connectivity index is 2.34. The molecular weight excluding hydrogens is 278 g/mol. The lowest BCUT2D eigenvalue weighted by atomic mass is 10.1. The van der Waals surface area contributed by atoms with Gasteiger partial charge in [0.05, 0.1) is 6.04 Å². The Kier molecular flexibility index (Phi) is 4.45. The number of aryl methyl sites for hydroxylation is 3. The van der Waals surface area contributed by atoms with Crippen LogP contribution in [0.2, 0.25) is 0 Å². The molecule has 0 aliphatic heterocycles. The zero-order chi connectivity index (χ0) is 16.4. The largest absolute Gasteiger partial charge is 0.320 e. The molecule has 0 aliphatic carbocycles. The Morgan fingerprint density at radius 3 is 2.27 bits per heavy atom. The van der Waals surface area contributed by atoms with Gasteiger partial charge in [-0.3, -0.25) is 9.59 Å². The van der Waals surface area contributed by atoms with E-state index in [1.54, 1.807) is 0 Å². The van der Waals surface area contributed by atoms with Crippen molar-refractivity contribution in [1.29, 1.82) is 0 Å². The summed E-state index contributed by atoms with van der Waals surface area (Å²) in [5.41, 5.74) is 3.96. The first-order valence-electron chi connectivity index (χ1n) is 7.28. The first kappa shape index (κ1) is 15.9. The van der Waals surface area contributed by atoms with Crippen molar-refractivity contribution in [2.45, 2.75) is 40.7 Å². The molecule has 1 aromatic carbocycles. The summed E-state index contributed by atoms with van der Waals surface area (Å²) in [6, 6.07) is 6.77. The van der Waals surface area contributed by atoms with E-state index in [4.69, 9.17) is 0 Å². The molecule has 1 N–H and O–H groups in total. The number of hydrogen-bond donors (Lipinski definition) is 1. The second-order valence-electron chi connectivity index (χ2n) is 5.82. The normalized spacial score (nSPS) is 10.8. The SMILES string of the molecule is Cc1cc(C)c(NC(=O)c2ccc(=O)n(C(C)C)n2)c(C)c1. The van der Waals surface area contributed by atoms with E-state index in [-0.39, 0.29) is 23.2 Å². The zero-order valence-corrected chi connectivity index (χ0v) is 13.6. The van der Waals surface area contributed by atoms with Crippen LogP contribution in [-0.4, -0.2) is 15.7 Å². The third-order valence-electron chi connectivity index (χ3n) is 3.46. The average molecular weight is 299 g/mol. The van der Waals surface area contributed by atoms with Crippen LogP contribution < -0.4 is 10.9 Å². The quantitative estimate of drug-likeness (QED) is 0.947. The number of benzene rings is 1. The summed E-state index contributed by atoms with van der Waals surface area (Å²) in [4.78, 5) is 24.1. The number of anilines is 1. The van der Waals surface area contributed by atoms with E-state index in [9.17, 15) is 9.59 Å². The number of aromatic nitrogens is 2. The van der Waals surface area contributed by atoms with Crippen molar-refractivity contribution in [3.05, 3.63) is 57.0 Å². The van der Waals surface area contributed by atoms with E-state index in [0.717, 1.165) is 22.4 Å². The van der Waals surface area contributed by atoms with Gasteiger partial charge in [-0.05, 0) is 51.8 Å². The summed E-state index contributed by atoms with van der Waals surface area (Å²) >= 11 is 0. The molecule has 2 aromatic rings. The molecule has 1 heterocycles. The van der Waals surface area contributed by atoms with Gasteiger partial charge in [0, 0.05) is 11.8 Å². The molecule has 0 unspecified atom stereocenters. The number of nitrogens with one attached hydrogen (secondary N) is 1. The van der Waals surface area contributed by atoms with Crippen LogP contribution in [0.25, 0.3) is 0 Å². The smallest absolute Gasteiger partial charge is 0.276 e. The molecule has 0 bridgehead atoms. The lowest BCUT2D eigenvalue weighted by Crippen LogP contribution is -2.27. The lowest BCUT2D eigenvalue weighted by molar-refractivity contribution is 0.101. The molecule has 2 rings (SSSR count). The van der Waals surface area contributed by atoms with Crippen molar-refractivity contribution in [3.8, 4) is 0 Å². The van der Waals surface area contributed by atoms with Crippen LogP contribution in [0, 0.1) is 20.8 Å².